The molecule has 0 saturated heterocycles. The molecule has 1 aromatic rings. The normalized spacial score (nSPS) is 10.7. The van der Waals surface area contributed by atoms with Gasteiger partial charge in [-0.2, -0.15) is 0 Å². The molecular weight excluding hydrogens is 300 g/mol. The van der Waals surface area contributed by atoms with E-state index in [2.05, 4.69) is 10.6 Å². The van der Waals surface area contributed by atoms with Crippen molar-refractivity contribution < 1.29 is 23.9 Å². The van der Waals surface area contributed by atoms with E-state index in [1.165, 1.54) is 13.0 Å². The van der Waals surface area contributed by atoms with Crippen molar-refractivity contribution in [3.05, 3.63) is 18.2 Å². The number of ether oxygens (including phenoxy) is 2. The van der Waals surface area contributed by atoms with E-state index in [0.717, 1.165) is 0 Å². The second-order valence-corrected chi connectivity index (χ2v) is 5.81. The van der Waals surface area contributed by atoms with Gasteiger partial charge in [0.2, 0.25) is 5.91 Å². The minimum atomic E-state index is -0.718. The van der Waals surface area contributed by atoms with Crippen molar-refractivity contribution in [3.8, 4) is 5.75 Å². The van der Waals surface area contributed by atoms with Crippen LogP contribution in [0.2, 0.25) is 0 Å². The highest BCUT2D eigenvalue weighted by Gasteiger charge is 2.20. The van der Waals surface area contributed by atoms with Crippen molar-refractivity contribution in [2.45, 2.75) is 46.6 Å². The van der Waals surface area contributed by atoms with E-state index < -0.39 is 17.7 Å². The van der Waals surface area contributed by atoms with E-state index in [1.54, 1.807) is 39.8 Å². The lowest BCUT2D eigenvalue weighted by molar-refractivity contribution is -0.134. The summed E-state index contributed by atoms with van der Waals surface area (Å²) in [4.78, 5) is 34.8. The average molecular weight is 322 g/mol. The monoisotopic (exact) mass is 322 g/mol. The number of hydrogen-bond acceptors (Lipinski definition) is 5. The quantitative estimate of drug-likeness (QED) is 0.655. The number of esters is 1. The van der Waals surface area contributed by atoms with Crippen LogP contribution in [0.15, 0.2) is 18.2 Å². The van der Waals surface area contributed by atoms with Crippen LogP contribution in [-0.2, 0) is 14.3 Å². The van der Waals surface area contributed by atoms with E-state index in [1.807, 2.05) is 0 Å². The smallest absolute Gasteiger partial charge is 0.412 e. The van der Waals surface area contributed by atoms with Crippen molar-refractivity contribution in [3.63, 3.8) is 0 Å². The number of carbonyl (C=O) groups is 3. The van der Waals surface area contributed by atoms with Gasteiger partial charge in [0.05, 0.1) is 5.69 Å². The summed E-state index contributed by atoms with van der Waals surface area (Å²) in [5, 5.41) is 5.09. The number of nitrogens with one attached hydrogen (secondary N) is 2. The number of hydrogen-bond donors (Lipinski definition) is 2. The Morgan fingerprint density at radius 2 is 1.78 bits per heavy atom. The third-order valence-corrected chi connectivity index (χ3v) is 2.48. The van der Waals surface area contributed by atoms with Gasteiger partial charge in [-0.25, -0.2) is 4.79 Å². The largest absolute Gasteiger partial charge is 0.444 e. The van der Waals surface area contributed by atoms with Crippen molar-refractivity contribution in [1.29, 1.82) is 0 Å². The van der Waals surface area contributed by atoms with Gasteiger partial charge in [0.15, 0.2) is 5.75 Å². The molecule has 7 nitrogen and oxygen atoms in total. The number of benzene rings is 1. The molecule has 0 spiro atoms. The summed E-state index contributed by atoms with van der Waals surface area (Å²) in [6, 6.07) is 4.70. The lowest BCUT2D eigenvalue weighted by Gasteiger charge is -2.21. The standard InChI is InChI=1S/C16H22N2O5/c1-6-13(20)22-12-9-7-8-11(17-10(2)19)14(12)18-15(21)23-16(3,4)5/h7-9H,6H2,1-5H3,(H,17,19)(H,18,21). The molecule has 0 bridgehead atoms. The van der Waals surface area contributed by atoms with Gasteiger partial charge in [-0.15, -0.1) is 0 Å². The highest BCUT2D eigenvalue weighted by molar-refractivity contribution is 5.99. The summed E-state index contributed by atoms with van der Waals surface area (Å²) < 4.78 is 10.4. The first-order valence-corrected chi connectivity index (χ1v) is 7.23. The number of carbonyl (C=O) groups excluding carboxylic acids is 3. The number of amides is 2. The summed E-state index contributed by atoms with van der Waals surface area (Å²) in [6.07, 6.45) is -0.542. The van der Waals surface area contributed by atoms with Crippen LogP contribution >= 0.6 is 0 Å². The molecule has 0 unspecified atom stereocenters. The Balaban J connectivity index is 3.14. The predicted molar refractivity (Wildman–Crippen MR) is 86.5 cm³/mol. The molecule has 2 amide bonds. The second-order valence-electron chi connectivity index (χ2n) is 5.81. The van der Waals surface area contributed by atoms with E-state index in [-0.39, 0.29) is 23.8 Å². The minimum absolute atomic E-state index is 0.133. The van der Waals surface area contributed by atoms with Crippen molar-refractivity contribution >= 4 is 29.3 Å². The molecule has 0 radical (unpaired) electrons. The first kappa shape index (κ1) is 18.5. The molecule has 0 aromatic heterocycles. The van der Waals surface area contributed by atoms with Gasteiger partial charge in [0.1, 0.15) is 11.3 Å². The highest BCUT2D eigenvalue weighted by atomic mass is 16.6. The average Bonchev–Trinajstić information content (AvgIpc) is 2.39. The Morgan fingerprint density at radius 3 is 2.30 bits per heavy atom. The maximum Gasteiger partial charge on any atom is 0.412 e. The zero-order valence-corrected chi connectivity index (χ0v) is 14.0. The topological polar surface area (TPSA) is 93.7 Å². The molecule has 0 aliphatic heterocycles. The van der Waals surface area contributed by atoms with Gasteiger partial charge in [-0.1, -0.05) is 13.0 Å². The summed E-state index contributed by atoms with van der Waals surface area (Å²) in [7, 11) is 0. The first-order valence-electron chi connectivity index (χ1n) is 7.23. The minimum Gasteiger partial charge on any atom is -0.444 e. The molecule has 2 N–H and O–H groups in total. The summed E-state index contributed by atoms with van der Waals surface area (Å²) in [5.74, 6) is -0.651. The third kappa shape index (κ3) is 6.37. The molecule has 0 heterocycles. The van der Waals surface area contributed by atoms with Crippen LogP contribution in [0.3, 0.4) is 0 Å². The molecular formula is C16H22N2O5. The van der Waals surface area contributed by atoms with Gasteiger partial charge in [-0.05, 0) is 32.9 Å². The lowest BCUT2D eigenvalue weighted by Crippen LogP contribution is -2.28. The fraction of sp³-hybridized carbons (Fsp3) is 0.438. The Labute approximate surface area is 135 Å². The maximum absolute atomic E-state index is 12.0. The zero-order chi connectivity index (χ0) is 17.6. The van der Waals surface area contributed by atoms with E-state index in [4.69, 9.17) is 9.47 Å². The number of para-hydroxylation sites is 1. The summed E-state index contributed by atoms with van der Waals surface area (Å²) in [5.41, 5.74) is -0.212. The predicted octanol–water partition coefficient (Wildman–Crippen LogP) is 3.31. The molecule has 0 fully saturated rings. The van der Waals surface area contributed by atoms with Crippen LogP contribution in [0.5, 0.6) is 5.75 Å². The molecule has 126 valence electrons. The summed E-state index contributed by atoms with van der Waals surface area (Å²) >= 11 is 0. The van der Waals surface area contributed by atoms with Crippen LogP contribution in [-0.4, -0.2) is 23.6 Å². The fourth-order valence-corrected chi connectivity index (χ4v) is 1.64. The van der Waals surface area contributed by atoms with Crippen molar-refractivity contribution in [1.82, 2.24) is 0 Å². The number of rotatable bonds is 4. The third-order valence-electron chi connectivity index (χ3n) is 2.48. The number of anilines is 2. The Bertz CT molecular complexity index is 605. The van der Waals surface area contributed by atoms with E-state index in [9.17, 15) is 14.4 Å². The molecule has 0 aliphatic carbocycles. The van der Waals surface area contributed by atoms with Gasteiger partial charge < -0.3 is 14.8 Å². The summed E-state index contributed by atoms with van der Waals surface area (Å²) in [6.45, 7) is 8.17. The van der Waals surface area contributed by atoms with E-state index >= 15 is 0 Å². The molecule has 7 heteroatoms. The van der Waals surface area contributed by atoms with Crippen LogP contribution in [0.4, 0.5) is 16.2 Å². The van der Waals surface area contributed by atoms with Crippen molar-refractivity contribution in [2.24, 2.45) is 0 Å². The second kappa shape index (κ2) is 7.62. The Kier molecular flexibility index (Phi) is 6.12. The molecule has 0 atom stereocenters. The van der Waals surface area contributed by atoms with Gasteiger partial charge in [0.25, 0.3) is 0 Å². The SMILES string of the molecule is CCC(=O)Oc1cccc(NC(C)=O)c1NC(=O)OC(C)(C)C. The maximum atomic E-state index is 12.0. The van der Waals surface area contributed by atoms with Crippen LogP contribution in [0.1, 0.15) is 41.0 Å². The lowest BCUT2D eigenvalue weighted by atomic mass is 10.2. The van der Waals surface area contributed by atoms with Gasteiger partial charge >= 0.3 is 12.1 Å². The first-order chi connectivity index (χ1) is 10.6. The zero-order valence-electron chi connectivity index (χ0n) is 14.0. The van der Waals surface area contributed by atoms with Crippen molar-refractivity contribution in [2.75, 3.05) is 10.6 Å². The fourth-order valence-electron chi connectivity index (χ4n) is 1.64. The van der Waals surface area contributed by atoms with Gasteiger partial charge in [0, 0.05) is 13.3 Å². The Hall–Kier alpha value is -2.57. The molecule has 1 aromatic carbocycles. The van der Waals surface area contributed by atoms with E-state index in [0.29, 0.717) is 5.69 Å². The van der Waals surface area contributed by atoms with Crippen LogP contribution in [0, 0.1) is 0 Å². The Morgan fingerprint density at radius 1 is 1.13 bits per heavy atom. The van der Waals surface area contributed by atoms with Crippen LogP contribution < -0.4 is 15.4 Å². The van der Waals surface area contributed by atoms with Gasteiger partial charge in [-0.3, -0.25) is 14.9 Å². The molecule has 1 rings (SSSR count). The molecule has 0 aliphatic rings. The highest BCUT2D eigenvalue weighted by Crippen LogP contribution is 2.33. The van der Waals surface area contributed by atoms with Crippen LogP contribution in [0.25, 0.3) is 0 Å². The molecule has 23 heavy (non-hydrogen) atoms. The molecule has 0 saturated carbocycles.